The molecule has 372 valence electrons. The van der Waals surface area contributed by atoms with Crippen molar-refractivity contribution in [2.24, 2.45) is 0 Å². The van der Waals surface area contributed by atoms with E-state index in [0.29, 0.717) is 32.3 Å². The van der Waals surface area contributed by atoms with Gasteiger partial charge in [-0.15, -0.1) is 0 Å². The van der Waals surface area contributed by atoms with Crippen molar-refractivity contribution in [3.63, 3.8) is 0 Å². The summed E-state index contributed by atoms with van der Waals surface area (Å²) >= 11 is 12.0. The average molecular weight is 982 g/mol. The Balaban J connectivity index is 0.921. The van der Waals surface area contributed by atoms with E-state index in [2.05, 4.69) is 47.5 Å². The van der Waals surface area contributed by atoms with Crippen LogP contribution in [0.5, 0.6) is 0 Å². The molecule has 2 saturated heterocycles. The number of carbonyl (C=O) groups excluding carboxylic acids is 4. The van der Waals surface area contributed by atoms with Crippen LogP contribution in [-0.4, -0.2) is 153 Å². The van der Waals surface area contributed by atoms with Gasteiger partial charge in [-0.1, -0.05) is 36.0 Å². The van der Waals surface area contributed by atoms with Gasteiger partial charge in [0.15, 0.2) is 11.6 Å². The molecule has 0 aliphatic carbocycles. The number of anilines is 2. The average Bonchev–Trinajstić information content (AvgIpc) is 3.34. The summed E-state index contributed by atoms with van der Waals surface area (Å²) in [6.45, 7) is 18.0. The van der Waals surface area contributed by atoms with Crippen LogP contribution in [0.25, 0.3) is 0 Å². The van der Waals surface area contributed by atoms with Crippen molar-refractivity contribution in [3.8, 4) is 0 Å². The molecule has 0 spiro atoms. The summed E-state index contributed by atoms with van der Waals surface area (Å²) in [4.78, 5) is 65.8. The minimum Gasteiger partial charge on any atom is -0.385 e. The normalized spacial score (nSPS) is 16.0. The molecular formula is C55H74Cl2N8O4. The quantitative estimate of drug-likeness (QED) is 0.0442. The van der Waals surface area contributed by atoms with Gasteiger partial charge in [0, 0.05) is 128 Å². The van der Waals surface area contributed by atoms with Gasteiger partial charge < -0.3 is 30.7 Å². The second-order valence-corrected chi connectivity index (χ2v) is 20.1. The van der Waals surface area contributed by atoms with E-state index in [0.717, 1.165) is 128 Å². The molecule has 2 aliphatic heterocycles. The summed E-state index contributed by atoms with van der Waals surface area (Å²) in [6.07, 6.45) is 6.46. The number of halogens is 2. The highest BCUT2D eigenvalue weighted by Gasteiger charge is 2.43. The van der Waals surface area contributed by atoms with Crippen LogP contribution in [-0.2, 0) is 9.59 Å². The summed E-state index contributed by atoms with van der Waals surface area (Å²) in [5, 5.41) is 11.1. The largest absolute Gasteiger partial charge is 0.385 e. The first-order valence-electron chi connectivity index (χ1n) is 25.0. The van der Waals surface area contributed by atoms with Crippen LogP contribution in [0.1, 0.15) is 98.1 Å². The fraction of sp³-hybridized carbons (Fsp3) is 0.491. The molecule has 2 heterocycles. The lowest BCUT2D eigenvalue weighted by Crippen LogP contribution is -2.68. The van der Waals surface area contributed by atoms with Gasteiger partial charge >= 0.3 is 0 Å². The Kier molecular flexibility index (Phi) is 20.9. The van der Waals surface area contributed by atoms with Gasteiger partial charge in [-0.05, 0) is 164 Å². The Labute approximate surface area is 421 Å². The van der Waals surface area contributed by atoms with Crippen LogP contribution in [0.3, 0.4) is 0 Å². The van der Waals surface area contributed by atoms with Gasteiger partial charge in [-0.25, -0.2) is 0 Å². The number of ketones is 2. The molecule has 0 radical (unpaired) electrons. The number of benzene rings is 4. The van der Waals surface area contributed by atoms with Crippen molar-refractivity contribution in [2.45, 2.75) is 90.4 Å². The summed E-state index contributed by atoms with van der Waals surface area (Å²) in [6, 6.07) is 28.1. The highest BCUT2D eigenvalue weighted by atomic mass is 35.5. The molecule has 14 heteroatoms. The molecule has 2 atom stereocenters. The molecule has 4 aromatic rings. The first-order chi connectivity index (χ1) is 33.2. The predicted octanol–water partition coefficient (Wildman–Crippen LogP) is 8.37. The fourth-order valence-electron chi connectivity index (χ4n) is 9.29. The summed E-state index contributed by atoms with van der Waals surface area (Å²) < 4.78 is 0. The second kappa shape index (κ2) is 27.0. The molecular weight excluding hydrogens is 908 g/mol. The first kappa shape index (κ1) is 53.5. The molecule has 12 nitrogen and oxygen atoms in total. The Morgan fingerprint density at radius 2 is 0.884 bits per heavy atom. The first-order valence-corrected chi connectivity index (χ1v) is 25.8. The van der Waals surface area contributed by atoms with E-state index in [1.54, 1.807) is 48.5 Å². The zero-order valence-corrected chi connectivity index (χ0v) is 42.9. The third-order valence-corrected chi connectivity index (χ3v) is 13.7. The molecule has 4 aromatic carbocycles. The standard InChI is InChI=1S/C55H74Cl2N8O4/c1-40(2)59-54(68)50(64-36-32-62(33-37-64)30-10-6-8-28-58-48-24-16-44(17-25-48)52(66)42-12-20-46(56)21-13-42)51(55(69)60-41(3)4)65-38-34-63(35-39-65)31-11-7-9-29-61(5)49-26-18-45(19-27-49)53(67)43-14-22-47(57)23-15-43/h12-27,40-41,50-51,58H,6-11,28-39H2,1-5H3,(H,59,68)(H,60,69). The molecule has 2 unspecified atom stereocenters. The van der Waals surface area contributed by atoms with Crippen molar-refractivity contribution in [1.82, 2.24) is 30.2 Å². The van der Waals surface area contributed by atoms with Crippen molar-refractivity contribution < 1.29 is 19.2 Å². The molecule has 0 saturated carbocycles. The van der Waals surface area contributed by atoms with Gasteiger partial charge in [0.1, 0.15) is 12.1 Å². The van der Waals surface area contributed by atoms with Crippen molar-refractivity contribution >= 4 is 58.0 Å². The smallest absolute Gasteiger partial charge is 0.239 e. The molecule has 0 aromatic heterocycles. The van der Waals surface area contributed by atoms with Gasteiger partial charge in [0.25, 0.3) is 0 Å². The van der Waals surface area contributed by atoms with Crippen molar-refractivity contribution in [1.29, 1.82) is 0 Å². The Bertz CT molecular complexity index is 2230. The van der Waals surface area contributed by atoms with Crippen LogP contribution < -0.4 is 20.9 Å². The lowest BCUT2D eigenvalue weighted by molar-refractivity contribution is -0.141. The van der Waals surface area contributed by atoms with Crippen LogP contribution in [0, 0.1) is 0 Å². The number of amides is 2. The molecule has 0 bridgehead atoms. The zero-order valence-electron chi connectivity index (χ0n) is 41.4. The number of carbonyl (C=O) groups is 4. The molecule has 2 amide bonds. The van der Waals surface area contributed by atoms with Crippen molar-refractivity contribution in [3.05, 3.63) is 129 Å². The molecule has 2 fully saturated rings. The molecule has 3 N–H and O–H groups in total. The van der Waals surface area contributed by atoms with Gasteiger partial charge in [0.2, 0.25) is 11.8 Å². The monoisotopic (exact) mass is 981 g/mol. The number of hydrogen-bond donors (Lipinski definition) is 3. The number of nitrogens with one attached hydrogen (secondary N) is 3. The maximum Gasteiger partial charge on any atom is 0.239 e. The van der Waals surface area contributed by atoms with E-state index < -0.39 is 12.1 Å². The van der Waals surface area contributed by atoms with Crippen LogP contribution in [0.15, 0.2) is 97.1 Å². The van der Waals surface area contributed by atoms with E-state index in [9.17, 15) is 19.2 Å². The Morgan fingerprint density at radius 3 is 1.29 bits per heavy atom. The number of piperazine rings is 2. The number of rotatable bonds is 25. The van der Waals surface area contributed by atoms with Crippen LogP contribution >= 0.6 is 23.2 Å². The lowest BCUT2D eigenvalue weighted by Gasteiger charge is -2.46. The minimum absolute atomic E-state index is 0.0153. The van der Waals surface area contributed by atoms with Crippen LogP contribution in [0.2, 0.25) is 10.0 Å². The van der Waals surface area contributed by atoms with E-state index >= 15 is 0 Å². The number of hydrogen-bond acceptors (Lipinski definition) is 10. The van der Waals surface area contributed by atoms with Gasteiger partial charge in [-0.3, -0.25) is 29.0 Å². The van der Waals surface area contributed by atoms with Gasteiger partial charge in [0.05, 0.1) is 0 Å². The highest BCUT2D eigenvalue weighted by Crippen LogP contribution is 2.22. The second-order valence-electron chi connectivity index (χ2n) is 19.2. The Hall–Kier alpha value is -4.82. The summed E-state index contributed by atoms with van der Waals surface area (Å²) in [7, 11) is 2.09. The number of unbranched alkanes of at least 4 members (excludes halogenated alkanes) is 4. The Morgan fingerprint density at radius 1 is 0.507 bits per heavy atom. The van der Waals surface area contributed by atoms with E-state index in [1.807, 2.05) is 76.2 Å². The van der Waals surface area contributed by atoms with Gasteiger partial charge in [-0.2, -0.15) is 0 Å². The minimum atomic E-state index is -0.590. The van der Waals surface area contributed by atoms with E-state index in [-0.39, 0.29) is 35.5 Å². The third kappa shape index (κ3) is 16.4. The summed E-state index contributed by atoms with van der Waals surface area (Å²) in [5.41, 5.74) is 4.63. The van der Waals surface area contributed by atoms with Crippen molar-refractivity contribution in [2.75, 3.05) is 95.8 Å². The fourth-order valence-corrected chi connectivity index (χ4v) is 9.54. The highest BCUT2D eigenvalue weighted by molar-refractivity contribution is 6.31. The maximum atomic E-state index is 14.2. The summed E-state index contributed by atoms with van der Waals surface area (Å²) in [5.74, 6) is -0.190. The zero-order chi connectivity index (χ0) is 49.3. The van der Waals surface area contributed by atoms with E-state index in [4.69, 9.17) is 23.2 Å². The molecule has 2 aliphatic rings. The number of nitrogens with zero attached hydrogens (tertiary/aromatic N) is 5. The molecule has 6 rings (SSSR count). The topological polar surface area (TPSA) is 121 Å². The molecule has 69 heavy (non-hydrogen) atoms. The van der Waals surface area contributed by atoms with E-state index in [1.165, 1.54) is 0 Å². The van der Waals surface area contributed by atoms with Crippen LogP contribution in [0.4, 0.5) is 11.4 Å². The SMILES string of the molecule is CC(C)NC(=O)C(C(C(=O)NC(C)C)N1CCN(CCCCCN(C)c2ccc(C(=O)c3ccc(Cl)cc3)cc2)CC1)N1CCN(CCCCCNc2ccc(C(=O)c3ccc(Cl)cc3)cc2)CC1. The predicted molar refractivity (Wildman–Crippen MR) is 282 cm³/mol. The third-order valence-electron chi connectivity index (χ3n) is 13.2. The maximum absolute atomic E-state index is 14.2. The lowest BCUT2D eigenvalue weighted by atomic mass is 9.99.